The number of aromatic nitrogens is 1. The number of nitrogen functional groups attached to an aromatic ring is 1. The van der Waals surface area contributed by atoms with Crippen molar-refractivity contribution in [1.82, 2.24) is 10.3 Å². The lowest BCUT2D eigenvalue weighted by Gasteiger charge is -2.20. The van der Waals surface area contributed by atoms with E-state index in [1.54, 1.807) is 13.8 Å². The Kier molecular flexibility index (Phi) is 4.13. The van der Waals surface area contributed by atoms with Gasteiger partial charge < -0.3 is 16.8 Å². The van der Waals surface area contributed by atoms with Crippen molar-refractivity contribution in [3.05, 3.63) is 23.0 Å². The quantitative estimate of drug-likeness (QED) is 0.694. The van der Waals surface area contributed by atoms with Gasteiger partial charge in [-0.25, -0.2) is 4.98 Å². The number of pyridine rings is 1. The lowest BCUT2D eigenvalue weighted by Crippen LogP contribution is -2.42. The van der Waals surface area contributed by atoms with Crippen molar-refractivity contribution in [2.24, 2.45) is 11.1 Å². The maximum atomic E-state index is 11.9. The number of carbonyl (C=O) groups is 2. The molecular formula is C11H15ClN4O2. The van der Waals surface area contributed by atoms with Crippen LogP contribution in [-0.2, 0) is 4.79 Å². The van der Waals surface area contributed by atoms with Gasteiger partial charge in [0.1, 0.15) is 5.15 Å². The first-order valence-electron chi connectivity index (χ1n) is 5.23. The standard InChI is InChI=1S/C11H15ClN4O2/c1-11(2,10(14)18)5-16-9(17)6-3-8(12)15-4-7(6)13/h3-4H,5,13H2,1-2H3,(H2,14,18)(H,16,17). The first kappa shape index (κ1) is 14.2. The number of nitrogens with zero attached hydrogens (tertiary/aromatic N) is 1. The summed E-state index contributed by atoms with van der Waals surface area (Å²) in [5, 5.41) is 2.75. The van der Waals surface area contributed by atoms with E-state index < -0.39 is 17.2 Å². The zero-order chi connectivity index (χ0) is 13.9. The third-order valence-electron chi connectivity index (χ3n) is 2.50. The fourth-order valence-corrected chi connectivity index (χ4v) is 1.28. The van der Waals surface area contributed by atoms with Gasteiger partial charge in [0.05, 0.1) is 22.9 Å². The number of nitrogens with two attached hydrogens (primary N) is 2. The van der Waals surface area contributed by atoms with Crippen molar-refractivity contribution in [2.75, 3.05) is 12.3 Å². The smallest absolute Gasteiger partial charge is 0.253 e. The summed E-state index contributed by atoms with van der Waals surface area (Å²) in [6.07, 6.45) is 1.30. The molecule has 0 saturated carbocycles. The number of halogens is 1. The summed E-state index contributed by atoms with van der Waals surface area (Å²) in [5.74, 6) is -0.922. The number of amides is 2. The van der Waals surface area contributed by atoms with Crippen LogP contribution in [0.2, 0.25) is 5.15 Å². The molecule has 7 heteroatoms. The number of rotatable bonds is 4. The van der Waals surface area contributed by atoms with Crippen molar-refractivity contribution >= 4 is 29.1 Å². The van der Waals surface area contributed by atoms with E-state index in [0.29, 0.717) is 0 Å². The van der Waals surface area contributed by atoms with Gasteiger partial charge in [-0.3, -0.25) is 9.59 Å². The highest BCUT2D eigenvalue weighted by Crippen LogP contribution is 2.16. The first-order chi connectivity index (χ1) is 8.24. The molecule has 0 aliphatic rings. The largest absolute Gasteiger partial charge is 0.397 e. The minimum Gasteiger partial charge on any atom is -0.397 e. The van der Waals surface area contributed by atoms with E-state index in [0.717, 1.165) is 0 Å². The molecule has 0 atom stereocenters. The SMILES string of the molecule is CC(C)(CNC(=O)c1cc(Cl)ncc1N)C(N)=O. The van der Waals surface area contributed by atoms with Crippen LogP contribution < -0.4 is 16.8 Å². The molecule has 2 amide bonds. The van der Waals surface area contributed by atoms with Crippen LogP contribution in [0.3, 0.4) is 0 Å². The molecule has 0 aliphatic carbocycles. The number of carbonyl (C=O) groups excluding carboxylic acids is 2. The Balaban J connectivity index is 2.78. The number of primary amides is 1. The molecule has 1 aromatic rings. The monoisotopic (exact) mass is 270 g/mol. The fourth-order valence-electron chi connectivity index (χ4n) is 1.12. The molecule has 0 bridgehead atoms. The summed E-state index contributed by atoms with van der Waals surface area (Å²) >= 11 is 5.68. The van der Waals surface area contributed by atoms with Gasteiger partial charge in [-0.15, -0.1) is 0 Å². The number of hydrogen-bond acceptors (Lipinski definition) is 4. The molecule has 0 aliphatic heterocycles. The van der Waals surface area contributed by atoms with Crippen LogP contribution in [0.15, 0.2) is 12.3 Å². The van der Waals surface area contributed by atoms with Crippen LogP contribution >= 0.6 is 11.6 Å². The lowest BCUT2D eigenvalue weighted by atomic mass is 9.92. The zero-order valence-electron chi connectivity index (χ0n) is 10.2. The first-order valence-corrected chi connectivity index (χ1v) is 5.61. The summed E-state index contributed by atoms with van der Waals surface area (Å²) in [7, 11) is 0. The molecule has 18 heavy (non-hydrogen) atoms. The predicted molar refractivity (Wildman–Crippen MR) is 69.0 cm³/mol. The van der Waals surface area contributed by atoms with Gasteiger partial charge in [0, 0.05) is 6.54 Å². The fraction of sp³-hybridized carbons (Fsp3) is 0.364. The highest BCUT2D eigenvalue weighted by molar-refractivity contribution is 6.29. The second-order valence-corrected chi connectivity index (χ2v) is 4.91. The molecule has 98 valence electrons. The molecular weight excluding hydrogens is 256 g/mol. The van der Waals surface area contributed by atoms with E-state index in [1.807, 2.05) is 0 Å². The highest BCUT2D eigenvalue weighted by Gasteiger charge is 2.26. The molecule has 0 saturated heterocycles. The average Bonchev–Trinajstić information content (AvgIpc) is 2.29. The molecule has 0 aromatic carbocycles. The predicted octanol–water partition coefficient (Wildman–Crippen LogP) is 0.558. The Bertz CT molecular complexity index is 488. The van der Waals surface area contributed by atoms with Gasteiger partial charge in [0.2, 0.25) is 5.91 Å². The minimum absolute atomic E-state index is 0.112. The van der Waals surface area contributed by atoms with Gasteiger partial charge in [-0.1, -0.05) is 11.6 Å². The Hall–Kier alpha value is -1.82. The average molecular weight is 271 g/mol. The van der Waals surface area contributed by atoms with Crippen molar-refractivity contribution in [2.45, 2.75) is 13.8 Å². The van der Waals surface area contributed by atoms with Crippen molar-refractivity contribution in [1.29, 1.82) is 0 Å². The minimum atomic E-state index is -0.832. The van der Waals surface area contributed by atoms with Gasteiger partial charge in [0.15, 0.2) is 0 Å². The molecule has 5 N–H and O–H groups in total. The van der Waals surface area contributed by atoms with E-state index >= 15 is 0 Å². The molecule has 1 heterocycles. The van der Waals surface area contributed by atoms with Crippen molar-refractivity contribution in [3.8, 4) is 0 Å². The van der Waals surface area contributed by atoms with E-state index in [9.17, 15) is 9.59 Å². The third kappa shape index (κ3) is 3.33. The zero-order valence-corrected chi connectivity index (χ0v) is 10.9. The van der Waals surface area contributed by atoms with Crippen LogP contribution in [0.5, 0.6) is 0 Å². The van der Waals surface area contributed by atoms with Gasteiger partial charge >= 0.3 is 0 Å². The van der Waals surface area contributed by atoms with E-state index in [-0.39, 0.29) is 22.9 Å². The topological polar surface area (TPSA) is 111 Å². The Labute approximate surface area is 110 Å². The summed E-state index contributed by atoms with van der Waals surface area (Å²) in [4.78, 5) is 26.7. The molecule has 0 unspecified atom stereocenters. The van der Waals surface area contributed by atoms with Crippen LogP contribution in [0, 0.1) is 5.41 Å². The van der Waals surface area contributed by atoms with E-state index in [1.165, 1.54) is 12.3 Å². The number of hydrogen-bond donors (Lipinski definition) is 3. The normalized spacial score (nSPS) is 11.1. The number of anilines is 1. The maximum absolute atomic E-state index is 11.9. The molecule has 6 nitrogen and oxygen atoms in total. The van der Waals surface area contributed by atoms with Gasteiger partial charge in [0.25, 0.3) is 5.91 Å². The van der Waals surface area contributed by atoms with Gasteiger partial charge in [-0.2, -0.15) is 0 Å². The maximum Gasteiger partial charge on any atom is 0.253 e. The molecule has 0 radical (unpaired) electrons. The Morgan fingerprint density at radius 3 is 2.67 bits per heavy atom. The summed E-state index contributed by atoms with van der Waals surface area (Å²) in [6.45, 7) is 3.39. The lowest BCUT2D eigenvalue weighted by molar-refractivity contribution is -0.125. The van der Waals surface area contributed by atoms with Crippen LogP contribution in [0.25, 0.3) is 0 Å². The van der Waals surface area contributed by atoms with Crippen molar-refractivity contribution in [3.63, 3.8) is 0 Å². The molecule has 1 rings (SSSR count). The van der Waals surface area contributed by atoms with Crippen molar-refractivity contribution < 1.29 is 9.59 Å². The summed E-state index contributed by atoms with van der Waals surface area (Å²) in [6, 6.07) is 1.36. The summed E-state index contributed by atoms with van der Waals surface area (Å²) in [5.41, 5.74) is 10.4. The third-order valence-corrected chi connectivity index (χ3v) is 2.71. The molecule has 0 spiro atoms. The molecule has 1 aromatic heterocycles. The summed E-state index contributed by atoms with van der Waals surface area (Å²) < 4.78 is 0. The number of nitrogens with one attached hydrogen (secondary N) is 1. The van der Waals surface area contributed by atoms with E-state index in [2.05, 4.69) is 10.3 Å². The van der Waals surface area contributed by atoms with E-state index in [4.69, 9.17) is 23.1 Å². The second-order valence-electron chi connectivity index (χ2n) is 4.53. The molecule has 0 fully saturated rings. The van der Waals surface area contributed by atoms with Crippen LogP contribution in [-0.4, -0.2) is 23.3 Å². The van der Waals surface area contributed by atoms with Crippen LogP contribution in [0.4, 0.5) is 5.69 Å². The second kappa shape index (κ2) is 5.22. The van der Waals surface area contributed by atoms with Gasteiger partial charge in [-0.05, 0) is 19.9 Å². The van der Waals surface area contributed by atoms with Crippen LogP contribution in [0.1, 0.15) is 24.2 Å². The highest BCUT2D eigenvalue weighted by atomic mass is 35.5. The Morgan fingerprint density at radius 1 is 1.50 bits per heavy atom. The Morgan fingerprint density at radius 2 is 2.11 bits per heavy atom.